The first-order valence-electron chi connectivity index (χ1n) is 8.96. The first-order chi connectivity index (χ1) is 12.1. The monoisotopic (exact) mass is 377 g/mol. The van der Waals surface area contributed by atoms with E-state index >= 15 is 0 Å². The van der Waals surface area contributed by atoms with E-state index in [2.05, 4.69) is 39.9 Å². The van der Waals surface area contributed by atoms with Crippen LogP contribution in [0, 0.1) is 11.2 Å². The molecule has 0 aliphatic rings. The highest BCUT2D eigenvalue weighted by atomic mass is 35.5. The fourth-order valence-corrected chi connectivity index (χ4v) is 3.55. The minimum Gasteiger partial charge on any atom is -0.488 e. The Morgan fingerprint density at radius 1 is 1.00 bits per heavy atom. The van der Waals surface area contributed by atoms with Gasteiger partial charge in [0.25, 0.3) is 0 Å². The maximum Gasteiger partial charge on any atom is 0.131 e. The van der Waals surface area contributed by atoms with Gasteiger partial charge >= 0.3 is 0 Å². The van der Waals surface area contributed by atoms with Crippen LogP contribution in [0.2, 0.25) is 5.02 Å². The van der Waals surface area contributed by atoms with Crippen molar-refractivity contribution in [2.45, 2.75) is 59.7 Å². The van der Waals surface area contributed by atoms with Crippen molar-refractivity contribution in [1.82, 2.24) is 5.32 Å². The van der Waals surface area contributed by atoms with Crippen LogP contribution in [0.1, 0.15) is 52.2 Å². The molecule has 26 heavy (non-hydrogen) atoms. The second-order valence-electron chi connectivity index (χ2n) is 8.57. The van der Waals surface area contributed by atoms with Gasteiger partial charge < -0.3 is 10.1 Å². The molecule has 4 heteroatoms. The van der Waals surface area contributed by atoms with E-state index in [0.29, 0.717) is 17.1 Å². The zero-order valence-corrected chi connectivity index (χ0v) is 17.1. The molecule has 2 aromatic rings. The summed E-state index contributed by atoms with van der Waals surface area (Å²) in [5.41, 5.74) is 1.67. The number of halogens is 2. The van der Waals surface area contributed by atoms with Gasteiger partial charge in [0.1, 0.15) is 18.2 Å². The molecule has 2 rings (SSSR count). The molecule has 2 nitrogen and oxygen atoms in total. The van der Waals surface area contributed by atoms with Crippen molar-refractivity contribution in [3.63, 3.8) is 0 Å². The molecule has 0 spiro atoms. The molecule has 0 unspecified atom stereocenters. The Morgan fingerprint density at radius 2 is 1.69 bits per heavy atom. The van der Waals surface area contributed by atoms with Crippen LogP contribution < -0.4 is 10.1 Å². The lowest BCUT2D eigenvalue weighted by molar-refractivity contribution is 0.238. The van der Waals surface area contributed by atoms with E-state index in [1.165, 1.54) is 6.07 Å². The first-order valence-corrected chi connectivity index (χ1v) is 9.34. The lowest BCUT2D eigenvalue weighted by Gasteiger charge is -2.33. The standard InChI is InChI=1S/C22H29ClFNO/c1-21(2,3)15-22(4,5)25-13-16-9-6-7-12-20(16)26-14-17-18(23)10-8-11-19(17)24/h6-12,25H,13-15H2,1-5H3. The fourth-order valence-electron chi connectivity index (χ4n) is 3.33. The third kappa shape index (κ3) is 6.30. The molecule has 2 aromatic carbocycles. The largest absolute Gasteiger partial charge is 0.488 e. The molecule has 0 aliphatic heterocycles. The Morgan fingerprint density at radius 3 is 2.35 bits per heavy atom. The molecule has 0 amide bonds. The van der Waals surface area contributed by atoms with Gasteiger partial charge in [-0.3, -0.25) is 0 Å². The fraction of sp³-hybridized carbons (Fsp3) is 0.455. The van der Waals surface area contributed by atoms with E-state index in [-0.39, 0.29) is 23.4 Å². The summed E-state index contributed by atoms with van der Waals surface area (Å²) >= 11 is 6.09. The quantitative estimate of drug-likeness (QED) is 0.605. The highest BCUT2D eigenvalue weighted by molar-refractivity contribution is 6.31. The van der Waals surface area contributed by atoms with Crippen molar-refractivity contribution in [3.05, 3.63) is 64.4 Å². The molecular formula is C22H29ClFNO. The molecule has 0 radical (unpaired) electrons. The summed E-state index contributed by atoms with van der Waals surface area (Å²) in [6.45, 7) is 11.9. The third-order valence-corrected chi connectivity index (χ3v) is 4.49. The Bertz CT molecular complexity index is 717. The third-order valence-electron chi connectivity index (χ3n) is 4.14. The average molecular weight is 378 g/mol. The second kappa shape index (κ2) is 8.41. The van der Waals surface area contributed by atoms with Crippen LogP contribution >= 0.6 is 11.6 Å². The molecule has 0 saturated carbocycles. The molecular weight excluding hydrogens is 349 g/mol. The Kier molecular flexibility index (Phi) is 6.70. The predicted octanol–water partition coefficient (Wildman–Crippen LogP) is 6.36. The summed E-state index contributed by atoms with van der Waals surface area (Å²) in [6.07, 6.45) is 1.05. The van der Waals surface area contributed by atoms with Crippen LogP contribution in [0.5, 0.6) is 5.75 Å². The van der Waals surface area contributed by atoms with E-state index in [9.17, 15) is 4.39 Å². The Balaban J connectivity index is 2.06. The Labute approximate surface area is 161 Å². The van der Waals surface area contributed by atoms with Crippen molar-refractivity contribution >= 4 is 11.6 Å². The van der Waals surface area contributed by atoms with Gasteiger partial charge in [-0.15, -0.1) is 0 Å². The van der Waals surface area contributed by atoms with Crippen molar-refractivity contribution in [2.24, 2.45) is 5.41 Å². The summed E-state index contributed by atoms with van der Waals surface area (Å²) in [7, 11) is 0. The molecule has 0 fully saturated rings. The zero-order chi connectivity index (χ0) is 19.4. The van der Waals surface area contributed by atoms with Gasteiger partial charge in [-0.05, 0) is 43.9 Å². The number of para-hydroxylation sites is 1. The predicted molar refractivity (Wildman–Crippen MR) is 107 cm³/mol. The average Bonchev–Trinajstić information content (AvgIpc) is 2.51. The van der Waals surface area contributed by atoms with Crippen LogP contribution in [0.25, 0.3) is 0 Å². The number of ether oxygens (including phenoxy) is 1. The number of hydrogen-bond donors (Lipinski definition) is 1. The summed E-state index contributed by atoms with van der Waals surface area (Å²) < 4.78 is 19.8. The minimum absolute atomic E-state index is 0.000206. The van der Waals surface area contributed by atoms with E-state index in [0.717, 1.165) is 17.7 Å². The lowest BCUT2D eigenvalue weighted by atomic mass is 9.82. The maximum absolute atomic E-state index is 13.9. The molecule has 0 aromatic heterocycles. The summed E-state index contributed by atoms with van der Waals surface area (Å²) in [5, 5.41) is 3.99. The van der Waals surface area contributed by atoms with Crippen molar-refractivity contribution in [3.8, 4) is 5.75 Å². The molecule has 0 aliphatic carbocycles. The normalized spacial score (nSPS) is 12.3. The van der Waals surface area contributed by atoms with E-state index in [1.807, 2.05) is 24.3 Å². The van der Waals surface area contributed by atoms with Crippen LogP contribution in [0.3, 0.4) is 0 Å². The number of benzene rings is 2. The van der Waals surface area contributed by atoms with E-state index in [4.69, 9.17) is 16.3 Å². The highest BCUT2D eigenvalue weighted by Gasteiger charge is 2.25. The van der Waals surface area contributed by atoms with Gasteiger partial charge in [-0.2, -0.15) is 0 Å². The second-order valence-corrected chi connectivity index (χ2v) is 8.98. The Hall–Kier alpha value is -1.58. The molecule has 0 atom stereocenters. The van der Waals surface area contributed by atoms with Gasteiger partial charge in [-0.25, -0.2) is 4.39 Å². The van der Waals surface area contributed by atoms with Crippen LogP contribution in [0.15, 0.2) is 42.5 Å². The van der Waals surface area contributed by atoms with Gasteiger partial charge in [0.2, 0.25) is 0 Å². The maximum atomic E-state index is 13.9. The molecule has 142 valence electrons. The van der Waals surface area contributed by atoms with Gasteiger partial charge in [0.05, 0.1) is 5.02 Å². The SMILES string of the molecule is CC(C)(C)CC(C)(C)NCc1ccccc1OCc1c(F)cccc1Cl. The smallest absolute Gasteiger partial charge is 0.131 e. The molecule has 0 bridgehead atoms. The van der Waals surface area contributed by atoms with Gasteiger partial charge in [0, 0.05) is 23.2 Å². The first kappa shape index (κ1) is 20.7. The number of nitrogens with one attached hydrogen (secondary N) is 1. The number of rotatable bonds is 7. The topological polar surface area (TPSA) is 21.3 Å². The highest BCUT2D eigenvalue weighted by Crippen LogP contribution is 2.28. The number of hydrogen-bond acceptors (Lipinski definition) is 2. The molecule has 0 heterocycles. The summed E-state index contributed by atoms with van der Waals surface area (Å²) in [6, 6.07) is 12.5. The van der Waals surface area contributed by atoms with Crippen molar-refractivity contribution in [1.29, 1.82) is 0 Å². The molecule has 0 saturated heterocycles. The summed E-state index contributed by atoms with van der Waals surface area (Å²) in [4.78, 5) is 0. The van der Waals surface area contributed by atoms with Gasteiger partial charge in [-0.1, -0.05) is 56.6 Å². The van der Waals surface area contributed by atoms with Crippen LogP contribution in [-0.4, -0.2) is 5.54 Å². The molecule has 1 N–H and O–H groups in total. The minimum atomic E-state index is -0.348. The van der Waals surface area contributed by atoms with E-state index in [1.54, 1.807) is 12.1 Å². The lowest BCUT2D eigenvalue weighted by Crippen LogP contribution is -2.41. The van der Waals surface area contributed by atoms with E-state index < -0.39 is 0 Å². The van der Waals surface area contributed by atoms with Crippen LogP contribution in [0.4, 0.5) is 4.39 Å². The van der Waals surface area contributed by atoms with Crippen molar-refractivity contribution in [2.75, 3.05) is 0 Å². The zero-order valence-electron chi connectivity index (χ0n) is 16.3. The summed E-state index contributed by atoms with van der Waals surface area (Å²) in [5.74, 6) is 0.394. The van der Waals surface area contributed by atoms with Gasteiger partial charge in [0.15, 0.2) is 0 Å². The van der Waals surface area contributed by atoms with Crippen LogP contribution in [-0.2, 0) is 13.2 Å². The van der Waals surface area contributed by atoms with Crippen molar-refractivity contribution < 1.29 is 9.13 Å².